The number of nitrogens with zero attached hydrogens (tertiary/aromatic N) is 3. The van der Waals surface area contributed by atoms with Gasteiger partial charge in [0, 0.05) is 5.56 Å². The molecular formula is C13H10FN3O2. The number of nitriles is 1. The lowest BCUT2D eigenvalue weighted by Gasteiger charge is -2.07. The maximum absolute atomic E-state index is 13.9. The predicted octanol–water partition coefficient (Wildman–Crippen LogP) is 1.95. The van der Waals surface area contributed by atoms with E-state index in [1.54, 1.807) is 19.1 Å². The van der Waals surface area contributed by atoms with Crippen LogP contribution in [0.25, 0.3) is 0 Å². The highest BCUT2D eigenvalue weighted by Gasteiger charge is 2.14. The Bertz CT molecular complexity index is 686. The van der Waals surface area contributed by atoms with Crippen LogP contribution in [-0.2, 0) is 6.54 Å². The van der Waals surface area contributed by atoms with Crippen molar-refractivity contribution in [3.05, 3.63) is 52.6 Å². The molecule has 0 spiro atoms. The van der Waals surface area contributed by atoms with Crippen LogP contribution in [0.5, 0.6) is 0 Å². The largest absolute Gasteiger partial charge is 0.478 e. The third-order valence-corrected chi connectivity index (χ3v) is 2.85. The highest BCUT2D eigenvalue weighted by Crippen LogP contribution is 2.15. The second-order valence-corrected chi connectivity index (χ2v) is 4.00. The van der Waals surface area contributed by atoms with Gasteiger partial charge in [-0.2, -0.15) is 10.4 Å². The van der Waals surface area contributed by atoms with Crippen LogP contribution in [0.1, 0.15) is 27.2 Å². The van der Waals surface area contributed by atoms with Crippen LogP contribution in [0, 0.1) is 24.1 Å². The molecule has 0 unspecified atom stereocenters. The van der Waals surface area contributed by atoms with Gasteiger partial charge in [-0.05, 0) is 13.0 Å². The van der Waals surface area contributed by atoms with E-state index in [9.17, 15) is 9.18 Å². The van der Waals surface area contributed by atoms with Gasteiger partial charge in [0.1, 0.15) is 17.4 Å². The van der Waals surface area contributed by atoms with Gasteiger partial charge >= 0.3 is 5.97 Å². The van der Waals surface area contributed by atoms with E-state index in [2.05, 4.69) is 5.10 Å². The van der Waals surface area contributed by atoms with E-state index in [-0.39, 0.29) is 17.7 Å². The smallest absolute Gasteiger partial charge is 0.339 e. The SMILES string of the molecule is Cc1c(C(=O)O)cnn1Cc1cccc(C#N)c1F. The molecule has 0 fully saturated rings. The summed E-state index contributed by atoms with van der Waals surface area (Å²) in [6.45, 7) is 1.68. The summed E-state index contributed by atoms with van der Waals surface area (Å²) in [5.41, 5.74) is 0.772. The summed E-state index contributed by atoms with van der Waals surface area (Å²) < 4.78 is 15.3. The maximum atomic E-state index is 13.9. The van der Waals surface area contributed by atoms with Crippen LogP contribution in [0.3, 0.4) is 0 Å². The minimum atomic E-state index is -1.07. The predicted molar refractivity (Wildman–Crippen MR) is 64.1 cm³/mol. The molecule has 5 nitrogen and oxygen atoms in total. The Hall–Kier alpha value is -2.68. The van der Waals surface area contributed by atoms with Crippen molar-refractivity contribution < 1.29 is 14.3 Å². The quantitative estimate of drug-likeness (QED) is 0.913. The molecule has 0 radical (unpaired) electrons. The van der Waals surface area contributed by atoms with E-state index in [0.29, 0.717) is 11.3 Å². The van der Waals surface area contributed by atoms with Crippen molar-refractivity contribution in [2.45, 2.75) is 13.5 Å². The molecule has 0 aliphatic carbocycles. The first kappa shape index (κ1) is 12.8. The van der Waals surface area contributed by atoms with Crippen LogP contribution in [-0.4, -0.2) is 20.9 Å². The fourth-order valence-corrected chi connectivity index (χ4v) is 1.77. The fourth-order valence-electron chi connectivity index (χ4n) is 1.77. The lowest BCUT2D eigenvalue weighted by Crippen LogP contribution is -2.08. The van der Waals surface area contributed by atoms with Crippen molar-refractivity contribution in [2.24, 2.45) is 0 Å². The number of carbonyl (C=O) groups is 1. The molecule has 1 aromatic carbocycles. The first-order valence-corrected chi connectivity index (χ1v) is 5.47. The van der Waals surface area contributed by atoms with Crippen LogP contribution in [0.15, 0.2) is 24.4 Å². The zero-order chi connectivity index (χ0) is 14.0. The molecule has 1 N–H and O–H groups in total. The van der Waals surface area contributed by atoms with Gasteiger partial charge in [-0.3, -0.25) is 4.68 Å². The molecule has 0 saturated heterocycles. The number of rotatable bonds is 3. The van der Waals surface area contributed by atoms with Gasteiger partial charge in [0.25, 0.3) is 0 Å². The van der Waals surface area contributed by atoms with Gasteiger partial charge in [-0.25, -0.2) is 9.18 Å². The summed E-state index contributed by atoms with van der Waals surface area (Å²) in [4.78, 5) is 10.9. The molecule has 0 aliphatic heterocycles. The fraction of sp³-hybridized carbons (Fsp3) is 0.154. The van der Waals surface area contributed by atoms with Crippen molar-refractivity contribution in [1.82, 2.24) is 9.78 Å². The normalized spacial score (nSPS) is 10.2. The molecule has 2 rings (SSSR count). The van der Waals surface area contributed by atoms with Crippen LogP contribution >= 0.6 is 0 Å². The average Bonchev–Trinajstić information content (AvgIpc) is 2.74. The number of benzene rings is 1. The Morgan fingerprint density at radius 1 is 1.58 bits per heavy atom. The van der Waals surface area contributed by atoms with E-state index < -0.39 is 11.8 Å². The Morgan fingerprint density at radius 2 is 2.32 bits per heavy atom. The molecule has 2 aromatic rings. The van der Waals surface area contributed by atoms with Gasteiger partial charge in [0.05, 0.1) is 24.0 Å². The summed E-state index contributed by atoms with van der Waals surface area (Å²) in [7, 11) is 0. The van der Waals surface area contributed by atoms with E-state index in [1.165, 1.54) is 23.0 Å². The summed E-state index contributed by atoms with van der Waals surface area (Å²) in [5.74, 6) is -1.67. The van der Waals surface area contributed by atoms with Crippen molar-refractivity contribution >= 4 is 5.97 Å². The lowest BCUT2D eigenvalue weighted by molar-refractivity contribution is 0.0696. The van der Waals surface area contributed by atoms with E-state index in [4.69, 9.17) is 10.4 Å². The van der Waals surface area contributed by atoms with Crippen LogP contribution in [0.4, 0.5) is 4.39 Å². The Morgan fingerprint density at radius 3 is 2.89 bits per heavy atom. The molecule has 0 saturated carbocycles. The Labute approximate surface area is 108 Å². The monoisotopic (exact) mass is 259 g/mol. The summed E-state index contributed by atoms with van der Waals surface area (Å²) in [6.07, 6.45) is 1.23. The molecule has 0 atom stereocenters. The van der Waals surface area contributed by atoms with Gasteiger partial charge < -0.3 is 5.11 Å². The maximum Gasteiger partial charge on any atom is 0.339 e. The number of hydrogen-bond acceptors (Lipinski definition) is 3. The third-order valence-electron chi connectivity index (χ3n) is 2.85. The topological polar surface area (TPSA) is 78.9 Å². The molecule has 19 heavy (non-hydrogen) atoms. The zero-order valence-corrected chi connectivity index (χ0v) is 10.1. The van der Waals surface area contributed by atoms with Crippen molar-refractivity contribution in [1.29, 1.82) is 5.26 Å². The summed E-state index contributed by atoms with van der Waals surface area (Å²) >= 11 is 0. The summed E-state index contributed by atoms with van der Waals surface area (Å²) in [6, 6.07) is 6.26. The van der Waals surface area contributed by atoms with E-state index >= 15 is 0 Å². The van der Waals surface area contributed by atoms with E-state index in [0.717, 1.165) is 0 Å². The van der Waals surface area contributed by atoms with Crippen molar-refractivity contribution in [3.8, 4) is 6.07 Å². The number of halogens is 1. The molecule has 6 heteroatoms. The number of aromatic nitrogens is 2. The summed E-state index contributed by atoms with van der Waals surface area (Å²) in [5, 5.41) is 21.6. The minimum absolute atomic E-state index is 0.0410. The number of carboxylic acid groups (broad SMARTS) is 1. The standard InChI is InChI=1S/C13H10FN3O2/c1-8-11(13(18)19)6-16-17(8)7-10-4-2-3-9(5-15)12(10)14/h2-4,6H,7H2,1H3,(H,18,19). The number of carboxylic acids is 1. The second-order valence-electron chi connectivity index (χ2n) is 4.00. The minimum Gasteiger partial charge on any atom is -0.478 e. The molecule has 0 bridgehead atoms. The molecule has 0 amide bonds. The highest BCUT2D eigenvalue weighted by atomic mass is 19.1. The third kappa shape index (κ3) is 2.31. The molecule has 96 valence electrons. The first-order chi connectivity index (χ1) is 9.04. The Balaban J connectivity index is 2.38. The number of aromatic carboxylic acids is 1. The molecule has 1 aromatic heterocycles. The van der Waals surface area contributed by atoms with Crippen LogP contribution < -0.4 is 0 Å². The molecule has 0 aliphatic rings. The van der Waals surface area contributed by atoms with E-state index in [1.807, 2.05) is 0 Å². The lowest BCUT2D eigenvalue weighted by atomic mass is 10.1. The highest BCUT2D eigenvalue weighted by molar-refractivity contribution is 5.88. The second kappa shape index (κ2) is 4.90. The average molecular weight is 259 g/mol. The van der Waals surface area contributed by atoms with Gasteiger partial charge in [0.15, 0.2) is 0 Å². The van der Waals surface area contributed by atoms with Crippen molar-refractivity contribution in [2.75, 3.05) is 0 Å². The van der Waals surface area contributed by atoms with Crippen molar-refractivity contribution in [3.63, 3.8) is 0 Å². The van der Waals surface area contributed by atoms with Gasteiger partial charge in [-0.1, -0.05) is 12.1 Å². The Kier molecular flexibility index (Phi) is 3.29. The zero-order valence-electron chi connectivity index (χ0n) is 10.1. The van der Waals surface area contributed by atoms with Gasteiger partial charge in [0.2, 0.25) is 0 Å². The first-order valence-electron chi connectivity index (χ1n) is 5.47. The molecule has 1 heterocycles. The molecular weight excluding hydrogens is 249 g/mol. The number of hydrogen-bond donors (Lipinski definition) is 1. The van der Waals surface area contributed by atoms with Crippen LogP contribution in [0.2, 0.25) is 0 Å². The van der Waals surface area contributed by atoms with Gasteiger partial charge in [-0.15, -0.1) is 0 Å².